The number of carboxylic acid groups (broad SMARTS) is 1. The van der Waals surface area contributed by atoms with Crippen molar-refractivity contribution in [3.63, 3.8) is 0 Å². The third-order valence-corrected chi connectivity index (χ3v) is 6.29. The van der Waals surface area contributed by atoms with E-state index in [4.69, 9.17) is 28.8 Å². The average molecular weight is 532 g/mol. The fourth-order valence-corrected chi connectivity index (χ4v) is 4.25. The Hall–Kier alpha value is -1.13. The number of aliphatic carboxylic acids is 1. The van der Waals surface area contributed by atoms with E-state index in [0.29, 0.717) is 0 Å². The molecule has 15 atom stereocenters. The van der Waals surface area contributed by atoms with Crippen LogP contribution in [0.3, 0.4) is 0 Å². The number of hydrogen-bond acceptors (Lipinski definition) is 16. The zero-order valence-corrected chi connectivity index (χ0v) is 18.7. The minimum absolute atomic E-state index is 0.769. The van der Waals surface area contributed by atoms with Gasteiger partial charge in [0.1, 0.15) is 67.1 Å². The van der Waals surface area contributed by atoms with Gasteiger partial charge >= 0.3 is 5.97 Å². The van der Waals surface area contributed by atoms with Crippen LogP contribution in [0.5, 0.6) is 0 Å². The van der Waals surface area contributed by atoms with Crippen molar-refractivity contribution in [1.29, 1.82) is 0 Å². The summed E-state index contributed by atoms with van der Waals surface area (Å²) in [5.74, 6) is -1.39. The normalized spacial score (nSPS) is 50.1. The van der Waals surface area contributed by atoms with Gasteiger partial charge in [-0.2, -0.15) is 0 Å². The van der Waals surface area contributed by atoms with E-state index in [0.717, 1.165) is 0 Å². The Kier molecular flexibility index (Phi) is 9.94. The van der Waals surface area contributed by atoms with Gasteiger partial charge in [0, 0.05) is 0 Å². The molecule has 3 fully saturated rings. The lowest BCUT2D eigenvalue weighted by molar-refractivity contribution is -0.377. The fourth-order valence-electron chi connectivity index (χ4n) is 4.25. The Morgan fingerprint density at radius 3 is 1.53 bits per heavy atom. The number of ether oxygens (including phenoxy) is 5. The van der Waals surface area contributed by atoms with E-state index < -0.39 is 118 Å². The standard InChI is InChI=1S/C19H32O17/c20-2-5-15(10(26)12(28)17(31)32-5)35-19-14(30)11(27)16(6(3-21)34-19)36-18-13(29)9(25)8(24)4(33-18)1-7(22)23/h4-6,8-21,24-31H,1-3H2,(H,22,23)/t4?,5?,6?,8-,9+,10-,11-,12?,13?,14?,15-,16-,17-,18+,19+/m1/s1. The van der Waals surface area contributed by atoms with Crippen molar-refractivity contribution in [2.24, 2.45) is 0 Å². The number of aliphatic hydroxyl groups excluding tert-OH is 10. The van der Waals surface area contributed by atoms with E-state index in [1.165, 1.54) is 0 Å². The third-order valence-electron chi connectivity index (χ3n) is 6.29. The van der Waals surface area contributed by atoms with Gasteiger partial charge in [0.15, 0.2) is 18.9 Å². The lowest BCUT2D eigenvalue weighted by Crippen LogP contribution is -2.66. The Balaban J connectivity index is 1.72. The predicted octanol–water partition coefficient (Wildman–Crippen LogP) is -7.09. The van der Waals surface area contributed by atoms with Crippen molar-refractivity contribution < 1.29 is 84.7 Å². The zero-order valence-electron chi connectivity index (χ0n) is 18.7. The summed E-state index contributed by atoms with van der Waals surface area (Å²) in [5, 5.41) is 109. The maximum atomic E-state index is 11.0. The highest BCUT2D eigenvalue weighted by Gasteiger charge is 2.53. The maximum Gasteiger partial charge on any atom is 0.306 e. The van der Waals surface area contributed by atoms with Gasteiger partial charge < -0.3 is 79.9 Å². The van der Waals surface area contributed by atoms with Crippen LogP contribution in [-0.2, 0) is 28.5 Å². The van der Waals surface area contributed by atoms with Gasteiger partial charge in [-0.25, -0.2) is 0 Å². The monoisotopic (exact) mass is 532 g/mol. The molecule has 11 N–H and O–H groups in total. The second-order valence-electron chi connectivity index (χ2n) is 8.75. The second kappa shape index (κ2) is 12.2. The van der Waals surface area contributed by atoms with Crippen molar-refractivity contribution in [1.82, 2.24) is 0 Å². The predicted molar refractivity (Wildman–Crippen MR) is 106 cm³/mol. The molecule has 0 aliphatic carbocycles. The van der Waals surface area contributed by atoms with Crippen LogP contribution in [-0.4, -0.2) is 167 Å². The third kappa shape index (κ3) is 5.96. The number of aliphatic hydroxyl groups is 10. The molecule has 0 aromatic carbocycles. The molecule has 0 saturated carbocycles. The van der Waals surface area contributed by atoms with Crippen molar-refractivity contribution in [2.75, 3.05) is 13.2 Å². The lowest BCUT2D eigenvalue weighted by Gasteiger charge is -2.47. The van der Waals surface area contributed by atoms with Crippen LogP contribution in [0.25, 0.3) is 0 Å². The Labute approximate surface area is 203 Å². The molecular weight excluding hydrogens is 500 g/mol. The smallest absolute Gasteiger partial charge is 0.306 e. The molecular formula is C19H32O17. The van der Waals surface area contributed by atoms with Crippen LogP contribution < -0.4 is 0 Å². The first-order valence-corrected chi connectivity index (χ1v) is 11.1. The summed E-state index contributed by atoms with van der Waals surface area (Å²) in [6.45, 7) is -1.65. The van der Waals surface area contributed by atoms with Crippen LogP contribution in [0.15, 0.2) is 0 Å². The van der Waals surface area contributed by atoms with Gasteiger partial charge in [0.25, 0.3) is 0 Å². The molecule has 17 heteroatoms. The molecule has 0 amide bonds. The van der Waals surface area contributed by atoms with E-state index >= 15 is 0 Å². The minimum atomic E-state index is -1.96. The molecule has 3 heterocycles. The highest BCUT2D eigenvalue weighted by atomic mass is 16.8. The molecule has 17 nitrogen and oxygen atoms in total. The van der Waals surface area contributed by atoms with Crippen molar-refractivity contribution in [3.05, 3.63) is 0 Å². The Morgan fingerprint density at radius 1 is 0.583 bits per heavy atom. The molecule has 3 rings (SSSR count). The molecule has 0 aromatic rings. The van der Waals surface area contributed by atoms with Gasteiger partial charge in [-0.15, -0.1) is 0 Å². The summed E-state index contributed by atoms with van der Waals surface area (Å²) in [4.78, 5) is 11.0. The van der Waals surface area contributed by atoms with Crippen LogP contribution in [0.1, 0.15) is 6.42 Å². The number of hydrogen-bond donors (Lipinski definition) is 11. The largest absolute Gasteiger partial charge is 0.481 e. The minimum Gasteiger partial charge on any atom is -0.481 e. The van der Waals surface area contributed by atoms with Crippen LogP contribution in [0, 0.1) is 0 Å². The van der Waals surface area contributed by atoms with Crippen molar-refractivity contribution in [3.8, 4) is 0 Å². The molecule has 210 valence electrons. The van der Waals surface area contributed by atoms with Crippen LogP contribution in [0.2, 0.25) is 0 Å². The summed E-state index contributed by atoms with van der Waals surface area (Å²) in [5.41, 5.74) is 0. The SMILES string of the molecule is O=C(O)CC1O[C@@H](O[C@@H]2C(CO)O[C@@H](O[C@@H]3C(CO)O[C@@H](O)C(O)[C@H]3O)C(O)[C@H]2O)C(O)[C@@H](O)[C@@H]1O. The van der Waals surface area contributed by atoms with Gasteiger partial charge in [-0.1, -0.05) is 0 Å². The van der Waals surface area contributed by atoms with Crippen molar-refractivity contribution >= 4 is 5.97 Å². The highest BCUT2D eigenvalue weighted by molar-refractivity contribution is 5.67. The van der Waals surface area contributed by atoms with E-state index in [9.17, 15) is 55.9 Å². The summed E-state index contributed by atoms with van der Waals surface area (Å²) < 4.78 is 26.4. The number of rotatable bonds is 8. The van der Waals surface area contributed by atoms with Gasteiger partial charge in [-0.05, 0) is 0 Å². The van der Waals surface area contributed by atoms with Crippen LogP contribution in [0.4, 0.5) is 0 Å². The van der Waals surface area contributed by atoms with E-state index in [1.54, 1.807) is 0 Å². The second-order valence-corrected chi connectivity index (χ2v) is 8.75. The first-order chi connectivity index (χ1) is 16.9. The highest BCUT2D eigenvalue weighted by Crippen LogP contribution is 2.32. The summed E-state index contributed by atoms with van der Waals surface area (Å²) in [6, 6.07) is 0. The molecule has 0 radical (unpaired) electrons. The molecule has 6 unspecified atom stereocenters. The van der Waals surface area contributed by atoms with E-state index in [2.05, 4.69) is 0 Å². The molecule has 36 heavy (non-hydrogen) atoms. The first-order valence-electron chi connectivity index (χ1n) is 11.1. The summed E-state index contributed by atoms with van der Waals surface area (Å²) in [7, 11) is 0. The summed E-state index contributed by atoms with van der Waals surface area (Å²) >= 11 is 0. The van der Waals surface area contributed by atoms with E-state index in [-0.39, 0.29) is 0 Å². The zero-order chi connectivity index (χ0) is 26.9. The fraction of sp³-hybridized carbons (Fsp3) is 0.947. The lowest BCUT2D eigenvalue weighted by atomic mass is 9.95. The average Bonchev–Trinajstić information content (AvgIpc) is 2.84. The first kappa shape index (κ1) is 29.4. The van der Waals surface area contributed by atoms with Crippen molar-refractivity contribution in [2.45, 2.75) is 98.5 Å². The Morgan fingerprint density at radius 2 is 1.03 bits per heavy atom. The maximum absolute atomic E-state index is 11.0. The van der Waals surface area contributed by atoms with E-state index in [1.807, 2.05) is 0 Å². The van der Waals surface area contributed by atoms with Gasteiger partial charge in [0.05, 0.1) is 25.7 Å². The summed E-state index contributed by atoms with van der Waals surface area (Å²) in [6.07, 6.45) is -27.0. The van der Waals surface area contributed by atoms with Gasteiger partial charge in [-0.3, -0.25) is 4.79 Å². The molecule has 3 aliphatic rings. The van der Waals surface area contributed by atoms with Crippen LogP contribution >= 0.6 is 0 Å². The molecule has 3 aliphatic heterocycles. The molecule has 3 saturated heterocycles. The molecule has 0 spiro atoms. The topological polar surface area (TPSA) is 286 Å². The van der Waals surface area contributed by atoms with Gasteiger partial charge in [0.2, 0.25) is 0 Å². The number of carbonyl (C=O) groups is 1. The Bertz CT molecular complexity index is 722. The molecule has 0 aromatic heterocycles. The number of carboxylic acids is 1. The quantitative estimate of drug-likeness (QED) is 0.138. The molecule has 0 bridgehead atoms.